The maximum atomic E-state index is 8.75. The van der Waals surface area contributed by atoms with Crippen LogP contribution in [0.5, 0.6) is 0 Å². The Morgan fingerprint density at radius 2 is 2.31 bits per heavy atom. The van der Waals surface area contributed by atoms with Crippen LogP contribution in [-0.2, 0) is 0 Å². The number of hydrogen-bond acceptors (Lipinski definition) is 4. The smallest absolute Gasteiger partial charge is 0.140 e. The number of aliphatic hydroxyl groups is 1. The molecule has 0 saturated carbocycles. The molecule has 0 spiro atoms. The molecule has 0 aliphatic rings. The number of nitrogen functional groups attached to an aromatic ring is 1. The Labute approximate surface area is 104 Å². The van der Waals surface area contributed by atoms with Gasteiger partial charge in [-0.3, -0.25) is 0 Å². The maximum absolute atomic E-state index is 8.75. The van der Waals surface area contributed by atoms with Crippen molar-refractivity contribution in [2.75, 3.05) is 17.7 Å². The van der Waals surface area contributed by atoms with Crippen LogP contribution in [-0.4, -0.2) is 22.7 Å². The van der Waals surface area contributed by atoms with Gasteiger partial charge in [0.1, 0.15) is 5.82 Å². The van der Waals surface area contributed by atoms with E-state index in [9.17, 15) is 0 Å². The summed E-state index contributed by atoms with van der Waals surface area (Å²) in [4.78, 5) is 4.24. The van der Waals surface area contributed by atoms with E-state index in [0.717, 1.165) is 28.7 Å². The first-order valence-electron chi connectivity index (χ1n) is 5.34. The van der Waals surface area contributed by atoms with Crippen molar-refractivity contribution in [2.45, 2.75) is 32.7 Å². The highest BCUT2D eigenvalue weighted by Crippen LogP contribution is 2.28. The molecule has 1 rings (SSSR count). The van der Waals surface area contributed by atoms with Gasteiger partial charge in [0.25, 0.3) is 0 Å². The van der Waals surface area contributed by atoms with Crippen molar-refractivity contribution < 1.29 is 5.11 Å². The molecule has 0 aliphatic heterocycles. The monoisotopic (exact) mass is 287 g/mol. The summed E-state index contributed by atoms with van der Waals surface area (Å²) in [6.07, 6.45) is 3.36. The maximum Gasteiger partial charge on any atom is 0.140 e. The standard InChI is InChI=1S/C11H18BrN3O/c1-7(4-3-5-16)15-11-10(12)8(2)9(13)6-14-11/h6-7,16H,3-5,13H2,1-2H3,(H,14,15). The van der Waals surface area contributed by atoms with Gasteiger partial charge >= 0.3 is 0 Å². The number of nitrogens with zero attached hydrogens (tertiary/aromatic N) is 1. The summed E-state index contributed by atoms with van der Waals surface area (Å²) in [5.74, 6) is 0.803. The predicted octanol–water partition coefficient (Wildman–Crippen LogP) is 2.31. The summed E-state index contributed by atoms with van der Waals surface area (Å²) < 4.78 is 0.906. The van der Waals surface area contributed by atoms with Gasteiger partial charge in [-0.25, -0.2) is 4.98 Å². The van der Waals surface area contributed by atoms with Crippen molar-refractivity contribution >= 4 is 27.4 Å². The minimum absolute atomic E-state index is 0.224. The van der Waals surface area contributed by atoms with Crippen molar-refractivity contribution in [2.24, 2.45) is 0 Å². The zero-order valence-corrected chi connectivity index (χ0v) is 11.2. The molecule has 16 heavy (non-hydrogen) atoms. The Balaban J connectivity index is 2.70. The Bertz CT molecular complexity index is 357. The van der Waals surface area contributed by atoms with E-state index in [4.69, 9.17) is 10.8 Å². The molecule has 1 aromatic rings. The first-order chi connectivity index (χ1) is 7.56. The molecule has 0 aliphatic carbocycles. The van der Waals surface area contributed by atoms with Gasteiger partial charge in [0.2, 0.25) is 0 Å². The quantitative estimate of drug-likeness (QED) is 0.777. The average molecular weight is 288 g/mol. The van der Waals surface area contributed by atoms with Gasteiger partial charge in [-0.1, -0.05) is 0 Å². The average Bonchev–Trinajstić information content (AvgIpc) is 2.27. The van der Waals surface area contributed by atoms with Gasteiger partial charge in [-0.2, -0.15) is 0 Å². The van der Waals surface area contributed by atoms with Gasteiger partial charge in [-0.15, -0.1) is 0 Å². The molecule has 1 heterocycles. The van der Waals surface area contributed by atoms with Crippen molar-refractivity contribution in [3.8, 4) is 0 Å². The number of nitrogens with two attached hydrogens (primary N) is 1. The molecule has 4 nitrogen and oxygen atoms in total. The molecule has 0 radical (unpaired) electrons. The molecule has 1 atom stereocenters. The fraction of sp³-hybridized carbons (Fsp3) is 0.545. The number of nitrogens with one attached hydrogen (secondary N) is 1. The molecule has 0 saturated heterocycles. The lowest BCUT2D eigenvalue weighted by Gasteiger charge is -2.16. The van der Waals surface area contributed by atoms with Crippen LogP contribution in [0.4, 0.5) is 11.5 Å². The number of aliphatic hydroxyl groups excluding tert-OH is 1. The van der Waals surface area contributed by atoms with Crippen LogP contribution in [0.15, 0.2) is 10.7 Å². The topological polar surface area (TPSA) is 71.2 Å². The van der Waals surface area contributed by atoms with E-state index in [-0.39, 0.29) is 12.6 Å². The van der Waals surface area contributed by atoms with Crippen molar-refractivity contribution in [1.82, 2.24) is 4.98 Å². The minimum atomic E-state index is 0.224. The molecule has 1 unspecified atom stereocenters. The zero-order chi connectivity index (χ0) is 12.1. The molecule has 4 N–H and O–H groups in total. The molecule has 1 aromatic heterocycles. The van der Waals surface area contributed by atoms with Crippen LogP contribution in [0.25, 0.3) is 0 Å². The molecular formula is C11H18BrN3O. The van der Waals surface area contributed by atoms with Crippen LogP contribution >= 0.6 is 15.9 Å². The molecule has 0 bridgehead atoms. The highest BCUT2D eigenvalue weighted by atomic mass is 79.9. The second kappa shape index (κ2) is 6.06. The van der Waals surface area contributed by atoms with Gasteiger partial charge in [-0.05, 0) is 48.2 Å². The molecule has 0 fully saturated rings. The van der Waals surface area contributed by atoms with Crippen LogP contribution in [0.1, 0.15) is 25.3 Å². The van der Waals surface area contributed by atoms with Gasteiger partial charge in [0, 0.05) is 12.6 Å². The Kier molecular flexibility index (Phi) is 5.02. The molecular weight excluding hydrogens is 270 g/mol. The van der Waals surface area contributed by atoms with Crippen LogP contribution in [0.3, 0.4) is 0 Å². The third-order valence-corrected chi connectivity index (χ3v) is 3.45. The zero-order valence-electron chi connectivity index (χ0n) is 9.63. The Morgan fingerprint density at radius 3 is 2.94 bits per heavy atom. The Morgan fingerprint density at radius 1 is 1.62 bits per heavy atom. The third kappa shape index (κ3) is 3.35. The third-order valence-electron chi connectivity index (χ3n) is 2.48. The number of aromatic nitrogens is 1. The highest BCUT2D eigenvalue weighted by Gasteiger charge is 2.09. The fourth-order valence-electron chi connectivity index (χ4n) is 1.40. The van der Waals surface area contributed by atoms with Gasteiger partial charge < -0.3 is 16.2 Å². The summed E-state index contributed by atoms with van der Waals surface area (Å²) in [7, 11) is 0. The van der Waals surface area contributed by atoms with Gasteiger partial charge in [0.05, 0.1) is 16.4 Å². The number of rotatable bonds is 5. The largest absolute Gasteiger partial charge is 0.397 e. The second-order valence-corrected chi connectivity index (χ2v) is 4.71. The summed E-state index contributed by atoms with van der Waals surface area (Å²) in [5.41, 5.74) is 7.42. The summed E-state index contributed by atoms with van der Waals surface area (Å²) in [6.45, 7) is 4.24. The first kappa shape index (κ1) is 13.3. The molecule has 0 amide bonds. The SMILES string of the molecule is Cc1c(N)cnc(NC(C)CCCO)c1Br. The van der Waals surface area contributed by atoms with E-state index in [1.807, 2.05) is 6.92 Å². The van der Waals surface area contributed by atoms with E-state index >= 15 is 0 Å². The second-order valence-electron chi connectivity index (χ2n) is 3.91. The van der Waals surface area contributed by atoms with E-state index in [1.165, 1.54) is 0 Å². The lowest BCUT2D eigenvalue weighted by atomic mass is 10.2. The van der Waals surface area contributed by atoms with Crippen molar-refractivity contribution in [3.05, 3.63) is 16.2 Å². The van der Waals surface area contributed by atoms with Crippen LogP contribution < -0.4 is 11.1 Å². The van der Waals surface area contributed by atoms with Crippen LogP contribution in [0.2, 0.25) is 0 Å². The Hall–Kier alpha value is -0.810. The van der Waals surface area contributed by atoms with E-state index < -0.39 is 0 Å². The van der Waals surface area contributed by atoms with Gasteiger partial charge in [0.15, 0.2) is 0 Å². The fourth-order valence-corrected chi connectivity index (χ4v) is 1.84. The van der Waals surface area contributed by atoms with Crippen molar-refractivity contribution in [1.29, 1.82) is 0 Å². The van der Waals surface area contributed by atoms with E-state index in [0.29, 0.717) is 5.69 Å². The normalized spacial score (nSPS) is 12.5. The summed E-state index contributed by atoms with van der Waals surface area (Å²) in [6, 6.07) is 0.277. The number of hydrogen-bond donors (Lipinski definition) is 3. The van der Waals surface area contributed by atoms with E-state index in [1.54, 1.807) is 6.20 Å². The summed E-state index contributed by atoms with van der Waals surface area (Å²) in [5, 5.41) is 12.0. The molecule has 5 heteroatoms. The lowest BCUT2D eigenvalue weighted by molar-refractivity contribution is 0.282. The number of anilines is 2. The lowest BCUT2D eigenvalue weighted by Crippen LogP contribution is -2.17. The highest BCUT2D eigenvalue weighted by molar-refractivity contribution is 9.10. The number of halogens is 1. The first-order valence-corrected chi connectivity index (χ1v) is 6.13. The van der Waals surface area contributed by atoms with E-state index in [2.05, 4.69) is 33.2 Å². The van der Waals surface area contributed by atoms with Crippen molar-refractivity contribution in [3.63, 3.8) is 0 Å². The van der Waals surface area contributed by atoms with Crippen LogP contribution in [0, 0.1) is 6.92 Å². The minimum Gasteiger partial charge on any atom is -0.397 e. The predicted molar refractivity (Wildman–Crippen MR) is 70.5 cm³/mol. The number of pyridine rings is 1. The molecule has 90 valence electrons. The summed E-state index contributed by atoms with van der Waals surface area (Å²) >= 11 is 3.47. The molecule has 0 aromatic carbocycles.